The van der Waals surface area contributed by atoms with Gasteiger partial charge in [-0.1, -0.05) is 66.2 Å². The van der Waals surface area contributed by atoms with Crippen LogP contribution in [0.1, 0.15) is 105 Å². The van der Waals surface area contributed by atoms with Crippen LogP contribution in [0.15, 0.2) is 0 Å². The van der Waals surface area contributed by atoms with Crippen molar-refractivity contribution in [1.82, 2.24) is 0 Å². The third-order valence-corrected chi connectivity index (χ3v) is 4.96. The van der Waals surface area contributed by atoms with Gasteiger partial charge in [0.1, 0.15) is 0 Å². The molecule has 4 heteroatoms. The summed E-state index contributed by atoms with van der Waals surface area (Å²) in [5.41, 5.74) is 0. The van der Waals surface area contributed by atoms with Gasteiger partial charge in [0, 0.05) is 5.92 Å². The summed E-state index contributed by atoms with van der Waals surface area (Å²) in [5, 5.41) is 0. The molecule has 26 heavy (non-hydrogen) atoms. The highest BCUT2D eigenvalue weighted by molar-refractivity contribution is 7.80. The largest absolute Gasteiger partial charge is 0.327 e. The van der Waals surface area contributed by atoms with E-state index in [1.165, 1.54) is 38.5 Å². The topological polar surface area (TPSA) is 27.7 Å². The van der Waals surface area contributed by atoms with Crippen molar-refractivity contribution in [1.29, 1.82) is 0 Å². The Morgan fingerprint density at radius 2 is 1.08 bits per heavy atom. The zero-order valence-corrected chi connectivity index (χ0v) is 19.0. The van der Waals surface area contributed by atoms with E-state index in [4.69, 9.17) is 14.2 Å². The molecule has 0 aromatic rings. The van der Waals surface area contributed by atoms with Gasteiger partial charge < -0.3 is 14.2 Å². The molecule has 0 aliphatic rings. The SMILES string of the molecule is CCCCCCCC[C@H](CCCS)C(OCCC)(OCCC)OCCC. The Morgan fingerprint density at radius 1 is 0.615 bits per heavy atom. The second-order valence-corrected chi connectivity index (χ2v) is 7.72. The maximum absolute atomic E-state index is 6.27. The fourth-order valence-corrected chi connectivity index (χ4v) is 3.40. The predicted molar refractivity (Wildman–Crippen MR) is 116 cm³/mol. The minimum Gasteiger partial charge on any atom is -0.327 e. The van der Waals surface area contributed by atoms with Crippen LogP contribution in [0, 0.1) is 5.92 Å². The van der Waals surface area contributed by atoms with E-state index in [1.54, 1.807) is 0 Å². The van der Waals surface area contributed by atoms with Gasteiger partial charge in [0.15, 0.2) is 0 Å². The van der Waals surface area contributed by atoms with E-state index in [-0.39, 0.29) is 5.92 Å². The van der Waals surface area contributed by atoms with Gasteiger partial charge in [-0.25, -0.2) is 0 Å². The van der Waals surface area contributed by atoms with Crippen molar-refractivity contribution in [3.63, 3.8) is 0 Å². The summed E-state index contributed by atoms with van der Waals surface area (Å²) in [5.74, 6) is 0.317. The van der Waals surface area contributed by atoms with Crippen LogP contribution in [0.2, 0.25) is 0 Å². The summed E-state index contributed by atoms with van der Waals surface area (Å²) in [4.78, 5) is 0. The van der Waals surface area contributed by atoms with Crippen molar-refractivity contribution in [3.05, 3.63) is 0 Å². The molecule has 0 rings (SSSR count). The van der Waals surface area contributed by atoms with Crippen LogP contribution < -0.4 is 0 Å². The Bertz CT molecular complexity index is 265. The van der Waals surface area contributed by atoms with E-state index < -0.39 is 5.97 Å². The standard InChI is InChI=1S/C22H46O3S/c1-5-9-10-11-12-13-15-21(16-14-20-26)22(23-17-6-2,24-18-7-3)25-19-8-4/h21,26H,5-20H2,1-4H3/t21-/m1/s1. The maximum Gasteiger partial charge on any atom is 0.285 e. The number of thiol groups is 1. The van der Waals surface area contributed by atoms with Gasteiger partial charge in [0.25, 0.3) is 5.97 Å². The highest BCUT2D eigenvalue weighted by Gasteiger charge is 2.41. The van der Waals surface area contributed by atoms with Crippen LogP contribution in [-0.2, 0) is 14.2 Å². The molecule has 0 bridgehead atoms. The lowest BCUT2D eigenvalue weighted by atomic mass is 9.93. The Balaban J connectivity index is 4.98. The quantitative estimate of drug-likeness (QED) is 0.138. The monoisotopic (exact) mass is 390 g/mol. The summed E-state index contributed by atoms with van der Waals surface area (Å²) in [6, 6.07) is 0. The average molecular weight is 391 g/mol. The van der Waals surface area contributed by atoms with Crippen LogP contribution >= 0.6 is 12.6 Å². The molecule has 1 atom stereocenters. The van der Waals surface area contributed by atoms with Gasteiger partial charge in [-0.15, -0.1) is 0 Å². The highest BCUT2D eigenvalue weighted by atomic mass is 32.1. The van der Waals surface area contributed by atoms with Gasteiger partial charge >= 0.3 is 0 Å². The molecule has 0 saturated heterocycles. The molecule has 0 saturated carbocycles. The van der Waals surface area contributed by atoms with E-state index in [0.717, 1.165) is 44.3 Å². The van der Waals surface area contributed by atoms with Crippen LogP contribution in [0.25, 0.3) is 0 Å². The number of ether oxygens (including phenoxy) is 3. The average Bonchev–Trinajstić information content (AvgIpc) is 2.67. The second kappa shape index (κ2) is 18.6. The van der Waals surface area contributed by atoms with Crippen molar-refractivity contribution in [2.45, 2.75) is 111 Å². The molecule has 0 unspecified atom stereocenters. The molecule has 0 spiro atoms. The first-order chi connectivity index (χ1) is 12.7. The predicted octanol–water partition coefficient (Wildman–Crippen LogP) is 7.00. The second-order valence-electron chi connectivity index (χ2n) is 7.27. The van der Waals surface area contributed by atoms with Crippen molar-refractivity contribution in [3.8, 4) is 0 Å². The number of unbranched alkanes of at least 4 members (excludes halogenated alkanes) is 5. The van der Waals surface area contributed by atoms with Crippen LogP contribution in [0.5, 0.6) is 0 Å². The summed E-state index contributed by atoms with van der Waals surface area (Å²) in [6.07, 6.45) is 14.0. The molecular weight excluding hydrogens is 344 g/mol. The smallest absolute Gasteiger partial charge is 0.285 e. The lowest BCUT2D eigenvalue weighted by Gasteiger charge is -2.40. The summed E-state index contributed by atoms with van der Waals surface area (Å²) in [7, 11) is 0. The molecule has 0 aliphatic carbocycles. The van der Waals surface area contributed by atoms with Gasteiger partial charge in [0.05, 0.1) is 19.8 Å². The number of hydrogen-bond acceptors (Lipinski definition) is 4. The van der Waals surface area contributed by atoms with E-state index in [0.29, 0.717) is 19.8 Å². The molecule has 158 valence electrons. The van der Waals surface area contributed by atoms with Crippen molar-refractivity contribution >= 4 is 12.6 Å². The Labute approximate surface area is 169 Å². The first-order valence-corrected chi connectivity index (χ1v) is 11.9. The van der Waals surface area contributed by atoms with Crippen LogP contribution in [0.4, 0.5) is 0 Å². The van der Waals surface area contributed by atoms with E-state index in [9.17, 15) is 0 Å². The lowest BCUT2D eigenvalue weighted by Crippen LogP contribution is -2.47. The summed E-state index contributed by atoms with van der Waals surface area (Å²) < 4.78 is 18.8. The first kappa shape index (κ1) is 26.2. The van der Waals surface area contributed by atoms with E-state index in [1.807, 2.05) is 0 Å². The zero-order valence-electron chi connectivity index (χ0n) is 18.1. The molecule has 0 aliphatic heterocycles. The first-order valence-electron chi connectivity index (χ1n) is 11.2. The van der Waals surface area contributed by atoms with E-state index in [2.05, 4.69) is 40.3 Å². The normalized spacial score (nSPS) is 13.3. The van der Waals surface area contributed by atoms with Crippen LogP contribution in [0.3, 0.4) is 0 Å². The molecule has 0 N–H and O–H groups in total. The number of rotatable bonds is 20. The Morgan fingerprint density at radius 3 is 1.54 bits per heavy atom. The molecular formula is C22H46O3S. The Kier molecular flexibility index (Phi) is 18.8. The van der Waals surface area contributed by atoms with Gasteiger partial charge in [-0.05, 0) is 44.3 Å². The molecule has 0 radical (unpaired) electrons. The van der Waals surface area contributed by atoms with Gasteiger partial charge in [-0.2, -0.15) is 12.6 Å². The Hall–Kier alpha value is 0.230. The number of hydrogen-bond donors (Lipinski definition) is 1. The molecule has 0 fully saturated rings. The van der Waals surface area contributed by atoms with Crippen molar-refractivity contribution in [2.75, 3.05) is 25.6 Å². The molecule has 0 aromatic carbocycles. The fraction of sp³-hybridized carbons (Fsp3) is 1.00. The fourth-order valence-electron chi connectivity index (χ4n) is 3.22. The maximum atomic E-state index is 6.27. The molecule has 0 heterocycles. The zero-order chi connectivity index (χ0) is 19.5. The minimum atomic E-state index is -0.867. The highest BCUT2D eigenvalue weighted by Crippen LogP contribution is 2.34. The molecule has 3 nitrogen and oxygen atoms in total. The third-order valence-electron chi connectivity index (χ3n) is 4.64. The summed E-state index contributed by atoms with van der Waals surface area (Å²) in [6.45, 7) is 10.7. The van der Waals surface area contributed by atoms with Gasteiger partial charge in [-0.3, -0.25) is 0 Å². The molecule has 0 amide bonds. The molecule has 0 aromatic heterocycles. The summed E-state index contributed by atoms with van der Waals surface area (Å²) >= 11 is 4.43. The van der Waals surface area contributed by atoms with Crippen LogP contribution in [-0.4, -0.2) is 31.5 Å². The van der Waals surface area contributed by atoms with E-state index >= 15 is 0 Å². The third kappa shape index (κ3) is 11.8. The van der Waals surface area contributed by atoms with Crippen molar-refractivity contribution in [2.24, 2.45) is 5.92 Å². The minimum absolute atomic E-state index is 0.283. The van der Waals surface area contributed by atoms with Gasteiger partial charge in [0.2, 0.25) is 0 Å². The van der Waals surface area contributed by atoms with Crippen molar-refractivity contribution < 1.29 is 14.2 Å². The lowest BCUT2D eigenvalue weighted by molar-refractivity contribution is -0.406.